The number of hydrogen-bond acceptors (Lipinski definition) is 3. The number of carbonyl (C=O) groups is 1. The Bertz CT molecular complexity index is 210. The lowest BCUT2D eigenvalue weighted by Gasteiger charge is -2.38. The highest BCUT2D eigenvalue weighted by molar-refractivity contribution is 7.99. The molecule has 74 valence electrons. The molecule has 3 nitrogen and oxygen atoms in total. The van der Waals surface area contributed by atoms with Crippen LogP contribution in [0.5, 0.6) is 0 Å². The van der Waals surface area contributed by atoms with Crippen molar-refractivity contribution in [1.29, 1.82) is 0 Å². The van der Waals surface area contributed by atoms with E-state index in [0.717, 1.165) is 24.6 Å². The van der Waals surface area contributed by atoms with Crippen molar-refractivity contribution in [1.82, 2.24) is 5.32 Å². The van der Waals surface area contributed by atoms with E-state index >= 15 is 0 Å². The molecule has 3 atom stereocenters. The summed E-state index contributed by atoms with van der Waals surface area (Å²) in [6.07, 6.45) is 2.08. The standard InChI is InChI=1S/C9H15NO2S/c11-9(12)8-3-7-5-13-2-1-6(7)4-10-8/h6-8,10H,1-5H2,(H,11,12)/t6?,7-,8?/m0/s1. The Balaban J connectivity index is 1.95. The number of rotatable bonds is 1. The summed E-state index contributed by atoms with van der Waals surface area (Å²) in [4.78, 5) is 10.8. The lowest BCUT2D eigenvalue weighted by Crippen LogP contribution is -2.49. The maximum atomic E-state index is 10.8. The molecule has 2 rings (SSSR count). The summed E-state index contributed by atoms with van der Waals surface area (Å²) in [5, 5.41) is 12.0. The minimum absolute atomic E-state index is 0.292. The van der Waals surface area contributed by atoms with Crippen molar-refractivity contribution in [3.05, 3.63) is 0 Å². The third kappa shape index (κ3) is 1.99. The van der Waals surface area contributed by atoms with Crippen molar-refractivity contribution in [3.63, 3.8) is 0 Å². The van der Waals surface area contributed by atoms with Crippen LogP contribution in [-0.4, -0.2) is 35.2 Å². The number of fused-ring (bicyclic) bond motifs is 1. The minimum atomic E-state index is -0.686. The molecule has 2 saturated heterocycles. The third-order valence-electron chi connectivity index (χ3n) is 3.09. The number of hydrogen-bond donors (Lipinski definition) is 2. The van der Waals surface area contributed by atoms with Crippen LogP contribution in [0.2, 0.25) is 0 Å². The van der Waals surface area contributed by atoms with Gasteiger partial charge in [0.15, 0.2) is 0 Å². The summed E-state index contributed by atoms with van der Waals surface area (Å²) in [6, 6.07) is -0.292. The Labute approximate surface area is 82.3 Å². The third-order valence-corrected chi connectivity index (χ3v) is 4.28. The molecule has 0 aromatic rings. The van der Waals surface area contributed by atoms with Gasteiger partial charge in [0.1, 0.15) is 6.04 Å². The summed E-state index contributed by atoms with van der Waals surface area (Å²) in [6.45, 7) is 0.905. The van der Waals surface area contributed by atoms with E-state index in [2.05, 4.69) is 5.32 Å². The average molecular weight is 201 g/mol. The van der Waals surface area contributed by atoms with Gasteiger partial charge in [-0.1, -0.05) is 0 Å². The molecule has 0 saturated carbocycles. The predicted molar refractivity (Wildman–Crippen MR) is 53.0 cm³/mol. The fourth-order valence-corrected chi connectivity index (χ4v) is 3.59. The molecule has 0 radical (unpaired) electrons. The summed E-state index contributed by atoms with van der Waals surface area (Å²) in [7, 11) is 0. The first-order valence-corrected chi connectivity index (χ1v) is 5.97. The topological polar surface area (TPSA) is 49.3 Å². The van der Waals surface area contributed by atoms with E-state index < -0.39 is 5.97 Å². The maximum Gasteiger partial charge on any atom is 0.320 e. The van der Waals surface area contributed by atoms with Crippen LogP contribution in [0.1, 0.15) is 12.8 Å². The molecule has 4 heteroatoms. The van der Waals surface area contributed by atoms with Crippen LogP contribution in [-0.2, 0) is 4.79 Å². The molecule has 0 aromatic carbocycles. The van der Waals surface area contributed by atoms with Crippen molar-refractivity contribution < 1.29 is 9.90 Å². The van der Waals surface area contributed by atoms with E-state index in [9.17, 15) is 4.79 Å². The molecule has 2 heterocycles. The molecule has 0 spiro atoms. The first-order chi connectivity index (χ1) is 6.27. The second-order valence-corrected chi connectivity index (χ2v) is 5.07. The zero-order valence-electron chi connectivity index (χ0n) is 7.53. The summed E-state index contributed by atoms with van der Waals surface area (Å²) in [5.74, 6) is 3.10. The molecule has 2 aliphatic rings. The lowest BCUT2D eigenvalue weighted by atomic mass is 9.82. The molecule has 0 bridgehead atoms. The molecule has 2 unspecified atom stereocenters. The van der Waals surface area contributed by atoms with Crippen LogP contribution in [0.25, 0.3) is 0 Å². The number of thioether (sulfide) groups is 1. The van der Waals surface area contributed by atoms with Crippen molar-refractivity contribution in [2.24, 2.45) is 11.8 Å². The van der Waals surface area contributed by atoms with Gasteiger partial charge in [0.2, 0.25) is 0 Å². The van der Waals surface area contributed by atoms with E-state index in [1.54, 1.807) is 0 Å². The molecule has 2 fully saturated rings. The Morgan fingerprint density at radius 2 is 2.31 bits per heavy atom. The average Bonchev–Trinajstić information content (AvgIpc) is 2.17. The SMILES string of the molecule is O=C(O)C1C[C@H]2CSCCC2CN1. The second kappa shape index (κ2) is 3.88. The smallest absolute Gasteiger partial charge is 0.320 e. The summed E-state index contributed by atoms with van der Waals surface area (Å²) in [5.41, 5.74) is 0. The lowest BCUT2D eigenvalue weighted by molar-refractivity contribution is -0.140. The number of nitrogens with one attached hydrogen (secondary N) is 1. The van der Waals surface area contributed by atoms with Crippen LogP contribution in [0.4, 0.5) is 0 Å². The molecular formula is C9H15NO2S. The summed E-state index contributed by atoms with van der Waals surface area (Å²) >= 11 is 1.97. The Morgan fingerprint density at radius 3 is 3.08 bits per heavy atom. The number of piperidine rings is 1. The van der Waals surface area contributed by atoms with Crippen molar-refractivity contribution in [3.8, 4) is 0 Å². The van der Waals surface area contributed by atoms with Gasteiger partial charge in [0.05, 0.1) is 0 Å². The molecule has 0 amide bonds. The molecule has 0 aromatic heterocycles. The van der Waals surface area contributed by atoms with Crippen LogP contribution < -0.4 is 5.32 Å². The summed E-state index contributed by atoms with van der Waals surface area (Å²) < 4.78 is 0. The highest BCUT2D eigenvalue weighted by Gasteiger charge is 2.34. The van der Waals surface area contributed by atoms with Crippen LogP contribution in [0, 0.1) is 11.8 Å². The van der Waals surface area contributed by atoms with Gasteiger partial charge in [0.25, 0.3) is 0 Å². The van der Waals surface area contributed by atoms with Crippen molar-refractivity contribution in [2.45, 2.75) is 18.9 Å². The van der Waals surface area contributed by atoms with Gasteiger partial charge >= 0.3 is 5.97 Å². The zero-order chi connectivity index (χ0) is 9.26. The zero-order valence-corrected chi connectivity index (χ0v) is 8.35. The fourth-order valence-electron chi connectivity index (χ4n) is 2.24. The second-order valence-electron chi connectivity index (χ2n) is 3.92. The van der Waals surface area contributed by atoms with Gasteiger partial charge in [-0.05, 0) is 42.7 Å². The Hall–Kier alpha value is -0.220. The van der Waals surface area contributed by atoms with Gasteiger partial charge in [-0.15, -0.1) is 0 Å². The van der Waals surface area contributed by atoms with Crippen molar-refractivity contribution >= 4 is 17.7 Å². The van der Waals surface area contributed by atoms with Gasteiger partial charge in [-0.3, -0.25) is 4.79 Å². The van der Waals surface area contributed by atoms with Gasteiger partial charge in [0, 0.05) is 0 Å². The quantitative estimate of drug-likeness (QED) is 0.659. The Kier molecular flexibility index (Phi) is 2.79. The molecule has 2 aliphatic heterocycles. The van der Waals surface area contributed by atoms with E-state index in [1.165, 1.54) is 12.2 Å². The minimum Gasteiger partial charge on any atom is -0.480 e. The van der Waals surface area contributed by atoms with Crippen LogP contribution in [0.15, 0.2) is 0 Å². The van der Waals surface area contributed by atoms with E-state index in [0.29, 0.717) is 5.92 Å². The highest BCUT2D eigenvalue weighted by atomic mass is 32.2. The maximum absolute atomic E-state index is 10.8. The predicted octanol–water partition coefficient (Wildman–Crippen LogP) is 0.802. The monoisotopic (exact) mass is 201 g/mol. The fraction of sp³-hybridized carbons (Fsp3) is 0.889. The van der Waals surface area contributed by atoms with E-state index in [1.807, 2.05) is 11.8 Å². The first-order valence-electron chi connectivity index (χ1n) is 4.81. The number of carboxylic acids is 1. The van der Waals surface area contributed by atoms with E-state index in [-0.39, 0.29) is 6.04 Å². The molecular weight excluding hydrogens is 186 g/mol. The van der Waals surface area contributed by atoms with Crippen molar-refractivity contribution in [2.75, 3.05) is 18.1 Å². The molecule has 2 N–H and O–H groups in total. The molecule has 0 aliphatic carbocycles. The normalized spacial score (nSPS) is 39.5. The van der Waals surface area contributed by atoms with Crippen LogP contribution >= 0.6 is 11.8 Å². The highest BCUT2D eigenvalue weighted by Crippen LogP contribution is 2.33. The van der Waals surface area contributed by atoms with Gasteiger partial charge < -0.3 is 10.4 Å². The van der Waals surface area contributed by atoms with Gasteiger partial charge in [-0.2, -0.15) is 11.8 Å². The number of carboxylic acid groups (broad SMARTS) is 1. The van der Waals surface area contributed by atoms with Gasteiger partial charge in [-0.25, -0.2) is 0 Å². The molecule has 13 heavy (non-hydrogen) atoms. The van der Waals surface area contributed by atoms with Crippen LogP contribution in [0.3, 0.4) is 0 Å². The van der Waals surface area contributed by atoms with E-state index in [4.69, 9.17) is 5.11 Å². The largest absolute Gasteiger partial charge is 0.480 e. The Morgan fingerprint density at radius 1 is 1.46 bits per heavy atom. The first kappa shape index (κ1) is 9.34. The number of aliphatic carboxylic acids is 1.